The molecule has 5 aromatic heterocycles. The lowest BCUT2D eigenvalue weighted by Gasteiger charge is -2.16. The lowest BCUT2D eigenvalue weighted by atomic mass is 10.0. The fraction of sp³-hybridized carbons (Fsp3) is 0.0732. The Morgan fingerprint density at radius 3 is 2.11 bits per heavy atom. The van der Waals surface area contributed by atoms with E-state index in [0.717, 1.165) is 6.07 Å². The molecule has 0 bridgehead atoms. The van der Waals surface area contributed by atoms with Crippen molar-refractivity contribution in [3.63, 3.8) is 0 Å². The molecule has 0 radical (unpaired) electrons. The first kappa shape index (κ1) is 44.5. The smallest absolute Gasteiger partial charge is 0.262 e. The zero-order chi connectivity index (χ0) is 44.5. The monoisotopic (exact) mass is 968 g/mol. The summed E-state index contributed by atoms with van der Waals surface area (Å²) in [6.07, 6.45) is 7.43. The van der Waals surface area contributed by atoms with Crippen LogP contribution in [-0.2, 0) is 32.9 Å². The lowest BCUT2D eigenvalue weighted by molar-refractivity contribution is 0.103. The maximum atomic E-state index is 14.3. The Morgan fingerprint density at radius 1 is 0.742 bits per heavy atom. The summed E-state index contributed by atoms with van der Waals surface area (Å²) in [6.45, 7) is 5.16. The van der Waals surface area contributed by atoms with Crippen molar-refractivity contribution in [1.29, 1.82) is 0 Å². The molecule has 2 aromatic carbocycles. The Bertz CT molecular complexity index is 3230. The van der Waals surface area contributed by atoms with Gasteiger partial charge in [0.25, 0.3) is 20.0 Å². The number of allylic oxidation sites excluding steroid dienone is 2. The topological polar surface area (TPSA) is 209 Å². The molecule has 21 heteroatoms. The second kappa shape index (κ2) is 18.0. The number of sulfonamides is 2. The molecule has 0 saturated carbocycles. The molecule has 0 atom stereocenters. The minimum Gasteiger partial charge on any atom is -0.346 e. The van der Waals surface area contributed by atoms with Crippen LogP contribution in [-0.4, -0.2) is 60.0 Å². The van der Waals surface area contributed by atoms with Crippen LogP contribution in [0.3, 0.4) is 0 Å². The Kier molecular flexibility index (Phi) is 12.9. The fourth-order valence-corrected chi connectivity index (χ4v) is 9.57. The summed E-state index contributed by atoms with van der Waals surface area (Å²) in [6, 6.07) is 15.0. The van der Waals surface area contributed by atoms with E-state index in [0.29, 0.717) is 28.0 Å². The fourth-order valence-electron chi connectivity index (χ4n) is 6.40. The van der Waals surface area contributed by atoms with E-state index in [2.05, 4.69) is 46.1 Å². The number of rotatable bonds is 15. The van der Waals surface area contributed by atoms with Gasteiger partial charge in [-0.25, -0.2) is 36.8 Å². The van der Waals surface area contributed by atoms with Gasteiger partial charge in [-0.1, -0.05) is 64.1 Å². The van der Waals surface area contributed by atoms with Crippen molar-refractivity contribution in [2.75, 3.05) is 9.44 Å². The second-order valence-corrected chi connectivity index (χ2v) is 18.7. The molecule has 7 aromatic rings. The molecule has 0 amide bonds. The van der Waals surface area contributed by atoms with Gasteiger partial charge < -0.3 is 9.97 Å². The molecule has 0 saturated heterocycles. The first-order valence-corrected chi connectivity index (χ1v) is 22.8. The number of benzene rings is 2. The van der Waals surface area contributed by atoms with Gasteiger partial charge in [-0.05, 0) is 98.8 Å². The number of ketones is 2. The number of Topliss-reactive ketones (excluding diaryl/α,β-unsaturated/α-hetero) is 1. The highest BCUT2D eigenvalue weighted by molar-refractivity contribution is 7.93. The summed E-state index contributed by atoms with van der Waals surface area (Å²) >= 11 is 31.7. The number of carbonyl (C=O) groups excluding carboxylic acids is 2. The lowest BCUT2D eigenvalue weighted by Crippen LogP contribution is -2.18. The van der Waals surface area contributed by atoms with Gasteiger partial charge in [0.1, 0.15) is 22.9 Å². The molecule has 62 heavy (non-hydrogen) atoms. The molecule has 0 aliphatic heterocycles. The summed E-state index contributed by atoms with van der Waals surface area (Å²) in [5.41, 5.74) is 0.787. The van der Waals surface area contributed by atoms with Crippen LogP contribution < -0.4 is 9.44 Å². The number of fused-ring (bicyclic) bond motifs is 1. The third kappa shape index (κ3) is 9.13. The molecular weight excluding hydrogens is 942 g/mol. The van der Waals surface area contributed by atoms with Crippen LogP contribution in [0.5, 0.6) is 0 Å². The minimum atomic E-state index is -4.42. The van der Waals surface area contributed by atoms with Crippen LogP contribution in [0.25, 0.3) is 16.6 Å². The number of nitrogens with zero attached hydrogens (tertiary/aromatic N) is 4. The molecule has 0 aliphatic carbocycles. The van der Waals surface area contributed by atoms with Crippen LogP contribution in [0.1, 0.15) is 50.3 Å². The largest absolute Gasteiger partial charge is 0.346 e. The Labute approximate surface area is 379 Å². The van der Waals surface area contributed by atoms with Gasteiger partial charge in [0, 0.05) is 51.9 Å². The van der Waals surface area contributed by atoms with E-state index < -0.39 is 31.6 Å². The van der Waals surface area contributed by atoms with E-state index in [-0.39, 0.29) is 87.3 Å². The van der Waals surface area contributed by atoms with Gasteiger partial charge in [-0.3, -0.25) is 19.0 Å². The predicted octanol–water partition coefficient (Wildman–Crippen LogP) is 10.2. The second-order valence-electron chi connectivity index (χ2n) is 13.3. The molecule has 316 valence electrons. The standard InChI is InChI=1S/C41H29Cl5N8O6S2/c1-3-25(27-11-14-48-40(27)47-2)38(55)36-34(17-22(42)20-51-36)53-61(57,58)23-5-7-29(43)21(16-23)4-9-33-32(46)19-35(54-62(59,60)24-6-8-30(44)31(45)18-24)37(52-33)39(56)26-10-13-49-41-28(26)12-15-50-41/h3,5-8,10-20,48,53-54H,2,4,9H2,1H3,(H,49,50)/b25-3+. The first-order valence-electron chi connectivity index (χ1n) is 18.0. The molecule has 14 nitrogen and oxygen atoms in total. The molecule has 0 aliphatic rings. The van der Waals surface area contributed by atoms with Crippen LogP contribution in [0.2, 0.25) is 25.1 Å². The normalized spacial score (nSPS) is 12.1. The summed E-state index contributed by atoms with van der Waals surface area (Å²) in [4.78, 5) is 50.3. The number of nitrogens with one attached hydrogen (secondary N) is 4. The number of aromatic amines is 2. The van der Waals surface area contributed by atoms with E-state index in [1.54, 1.807) is 37.5 Å². The van der Waals surface area contributed by atoms with Crippen molar-refractivity contribution in [2.24, 2.45) is 4.99 Å². The molecule has 0 spiro atoms. The van der Waals surface area contributed by atoms with Crippen molar-refractivity contribution >= 4 is 130 Å². The summed E-state index contributed by atoms with van der Waals surface area (Å²) in [5.74, 6) is -0.928. The number of anilines is 2. The van der Waals surface area contributed by atoms with Crippen molar-refractivity contribution in [3.8, 4) is 0 Å². The highest BCUT2D eigenvalue weighted by Crippen LogP contribution is 2.34. The summed E-state index contributed by atoms with van der Waals surface area (Å²) in [5, 5.41) is 0.826. The van der Waals surface area contributed by atoms with Crippen molar-refractivity contribution in [1.82, 2.24) is 24.9 Å². The number of H-pyrrole nitrogens is 2. The highest BCUT2D eigenvalue weighted by Gasteiger charge is 2.27. The third-order valence-electron chi connectivity index (χ3n) is 9.39. The Hall–Kier alpha value is -5.59. The SMILES string of the molecule is C=Nc1[nH]ccc1/C(=C\C)C(=O)c1ncc(Cl)cc1NS(=O)(=O)c1ccc(Cl)c(CCc2nc(C(=O)c3ccnc4[nH]ccc34)c(NS(=O)(=O)c3ccc(Cl)c(Cl)c3)cc2Cl)c1. The quantitative estimate of drug-likeness (QED) is 0.0437. The van der Waals surface area contributed by atoms with E-state index in [9.17, 15) is 26.4 Å². The number of halogens is 5. The van der Waals surface area contributed by atoms with E-state index in [1.807, 2.05) is 0 Å². The summed E-state index contributed by atoms with van der Waals surface area (Å²) in [7, 11) is -8.78. The molecule has 5 heterocycles. The molecule has 7 rings (SSSR count). The van der Waals surface area contributed by atoms with Crippen molar-refractivity contribution in [3.05, 3.63) is 156 Å². The van der Waals surface area contributed by atoms with E-state index >= 15 is 0 Å². The van der Waals surface area contributed by atoms with E-state index in [4.69, 9.17) is 58.0 Å². The number of aromatic nitrogens is 5. The third-order valence-corrected chi connectivity index (χ3v) is 13.8. The maximum absolute atomic E-state index is 14.3. The number of hydrogen-bond donors (Lipinski definition) is 4. The first-order chi connectivity index (χ1) is 29.5. The number of aryl methyl sites for hydroxylation is 2. The van der Waals surface area contributed by atoms with E-state index in [1.165, 1.54) is 60.9 Å². The van der Waals surface area contributed by atoms with Gasteiger partial charge in [0.05, 0.1) is 47.0 Å². The highest BCUT2D eigenvalue weighted by atomic mass is 35.5. The minimum absolute atomic E-state index is 0.00912. The van der Waals surface area contributed by atoms with Crippen LogP contribution in [0, 0.1) is 0 Å². The molecular formula is C41H29Cl5N8O6S2. The van der Waals surface area contributed by atoms with Crippen molar-refractivity contribution < 1.29 is 26.4 Å². The average molecular weight is 971 g/mol. The number of carbonyl (C=O) groups is 2. The predicted molar refractivity (Wildman–Crippen MR) is 243 cm³/mol. The van der Waals surface area contributed by atoms with Crippen molar-refractivity contribution in [2.45, 2.75) is 29.6 Å². The van der Waals surface area contributed by atoms with Gasteiger partial charge in [-0.2, -0.15) is 0 Å². The Morgan fingerprint density at radius 2 is 1.42 bits per heavy atom. The zero-order valence-corrected chi connectivity index (χ0v) is 37.2. The maximum Gasteiger partial charge on any atom is 0.262 e. The number of hydrogen-bond acceptors (Lipinski definition) is 10. The van der Waals surface area contributed by atoms with Crippen LogP contribution in [0.4, 0.5) is 17.2 Å². The zero-order valence-electron chi connectivity index (χ0n) is 31.8. The average Bonchev–Trinajstić information content (AvgIpc) is 3.92. The molecule has 0 fully saturated rings. The molecule has 0 unspecified atom stereocenters. The van der Waals surface area contributed by atoms with Gasteiger partial charge in [0.2, 0.25) is 11.6 Å². The van der Waals surface area contributed by atoms with Crippen LogP contribution >= 0.6 is 58.0 Å². The molecule has 4 N–H and O–H groups in total. The summed E-state index contributed by atoms with van der Waals surface area (Å²) < 4.78 is 59.9. The van der Waals surface area contributed by atoms with Gasteiger partial charge in [0.15, 0.2) is 0 Å². The Balaban J connectivity index is 1.20. The van der Waals surface area contributed by atoms with Crippen LogP contribution in [0.15, 0.2) is 112 Å². The number of pyridine rings is 3. The number of aliphatic imine (C=N–C) groups is 1. The van der Waals surface area contributed by atoms with Gasteiger partial charge >= 0.3 is 0 Å². The van der Waals surface area contributed by atoms with Gasteiger partial charge in [-0.15, -0.1) is 0 Å².